The molecule has 3 aromatic rings. The zero-order chi connectivity index (χ0) is 21.0. The molecular formula is C21H18N2O5S. The number of aromatic nitrogens is 1. The summed E-state index contributed by atoms with van der Waals surface area (Å²) in [6.07, 6.45) is 4.96. The second-order valence-corrected chi connectivity index (χ2v) is 7.99. The maximum absolute atomic E-state index is 12.5. The molecule has 1 aromatic heterocycles. The highest BCUT2D eigenvalue weighted by molar-refractivity contribution is 7.92. The Hall–Kier alpha value is -3.65. The summed E-state index contributed by atoms with van der Waals surface area (Å²) in [6, 6.07) is 13.8. The summed E-state index contributed by atoms with van der Waals surface area (Å²) in [5, 5.41) is 18.6. The van der Waals surface area contributed by atoms with E-state index in [-0.39, 0.29) is 22.0 Å². The lowest BCUT2D eigenvalue weighted by Gasteiger charge is -2.07. The van der Waals surface area contributed by atoms with E-state index < -0.39 is 16.0 Å². The summed E-state index contributed by atoms with van der Waals surface area (Å²) in [5.41, 5.74) is 2.05. The Balaban J connectivity index is 1.76. The number of benzene rings is 2. The van der Waals surface area contributed by atoms with Gasteiger partial charge in [-0.25, -0.2) is 18.2 Å². The average Bonchev–Trinajstić information content (AvgIpc) is 2.69. The standard InChI is InChI=1S/C21H18N2O5S/c1-14-2-11-20(22-13-14)23-29(27,28)17-8-5-15(6-9-17)3-4-16-7-10-19(24)18(12-16)21(25)26/h2-13,24H,1H3,(H,22,23)(H,25,26). The maximum Gasteiger partial charge on any atom is 0.339 e. The molecule has 3 N–H and O–H groups in total. The number of nitrogens with one attached hydrogen (secondary N) is 1. The minimum Gasteiger partial charge on any atom is -0.507 e. The first-order valence-electron chi connectivity index (χ1n) is 8.54. The van der Waals surface area contributed by atoms with Crippen molar-refractivity contribution in [3.8, 4) is 5.75 Å². The molecule has 8 heteroatoms. The van der Waals surface area contributed by atoms with Crippen LogP contribution in [-0.4, -0.2) is 29.6 Å². The molecule has 2 aromatic carbocycles. The molecule has 0 bridgehead atoms. The molecule has 0 atom stereocenters. The highest BCUT2D eigenvalue weighted by Crippen LogP contribution is 2.21. The van der Waals surface area contributed by atoms with Gasteiger partial charge >= 0.3 is 5.97 Å². The van der Waals surface area contributed by atoms with Crippen LogP contribution in [0.4, 0.5) is 5.82 Å². The minimum atomic E-state index is -3.76. The number of carboxylic acid groups (broad SMARTS) is 1. The minimum absolute atomic E-state index is 0.0924. The van der Waals surface area contributed by atoms with Crippen LogP contribution in [-0.2, 0) is 10.0 Å². The summed E-state index contributed by atoms with van der Waals surface area (Å²) in [5.74, 6) is -1.29. The zero-order valence-corrected chi connectivity index (χ0v) is 16.2. The first kappa shape index (κ1) is 20.1. The van der Waals surface area contributed by atoms with Gasteiger partial charge in [-0.3, -0.25) is 4.72 Å². The molecule has 0 unspecified atom stereocenters. The summed E-state index contributed by atoms with van der Waals surface area (Å²) in [4.78, 5) is 15.2. The molecule has 1 heterocycles. The van der Waals surface area contributed by atoms with E-state index in [0.29, 0.717) is 5.56 Å². The van der Waals surface area contributed by atoms with E-state index in [4.69, 9.17) is 5.11 Å². The Morgan fingerprint density at radius 3 is 2.28 bits per heavy atom. The van der Waals surface area contributed by atoms with E-state index >= 15 is 0 Å². The van der Waals surface area contributed by atoms with Crippen molar-refractivity contribution < 1.29 is 23.4 Å². The zero-order valence-electron chi connectivity index (χ0n) is 15.4. The fourth-order valence-electron chi connectivity index (χ4n) is 2.50. The fraction of sp³-hybridized carbons (Fsp3) is 0.0476. The van der Waals surface area contributed by atoms with E-state index in [1.54, 1.807) is 48.7 Å². The van der Waals surface area contributed by atoms with Crippen LogP contribution in [0.2, 0.25) is 0 Å². The molecule has 0 aliphatic heterocycles. The number of rotatable bonds is 6. The molecule has 148 valence electrons. The van der Waals surface area contributed by atoms with E-state index in [1.165, 1.54) is 24.3 Å². The Labute approximate surface area is 168 Å². The molecule has 7 nitrogen and oxygen atoms in total. The second kappa shape index (κ2) is 8.15. The van der Waals surface area contributed by atoms with Gasteiger partial charge in [0.1, 0.15) is 17.1 Å². The monoisotopic (exact) mass is 410 g/mol. The van der Waals surface area contributed by atoms with Crippen LogP contribution < -0.4 is 4.72 Å². The van der Waals surface area contributed by atoms with Gasteiger partial charge in [-0.05, 0) is 53.9 Å². The van der Waals surface area contributed by atoms with Crippen molar-refractivity contribution in [1.82, 2.24) is 4.98 Å². The summed E-state index contributed by atoms with van der Waals surface area (Å²) in [7, 11) is -3.76. The molecule has 0 saturated carbocycles. The predicted molar refractivity (Wildman–Crippen MR) is 110 cm³/mol. The number of sulfonamides is 1. The second-order valence-electron chi connectivity index (χ2n) is 6.31. The Bertz CT molecular complexity index is 1170. The van der Waals surface area contributed by atoms with Gasteiger partial charge < -0.3 is 10.2 Å². The molecule has 3 rings (SSSR count). The highest BCUT2D eigenvalue weighted by atomic mass is 32.2. The van der Waals surface area contributed by atoms with Crippen LogP contribution in [0, 0.1) is 6.92 Å². The van der Waals surface area contributed by atoms with Crippen LogP contribution in [0.3, 0.4) is 0 Å². The number of anilines is 1. The van der Waals surface area contributed by atoms with Crippen LogP contribution in [0.1, 0.15) is 27.0 Å². The fourth-order valence-corrected chi connectivity index (χ4v) is 3.51. The van der Waals surface area contributed by atoms with Gasteiger partial charge in [-0.1, -0.05) is 36.4 Å². The summed E-state index contributed by atoms with van der Waals surface area (Å²) >= 11 is 0. The third-order valence-electron chi connectivity index (χ3n) is 4.06. The van der Waals surface area contributed by atoms with Crippen molar-refractivity contribution in [3.63, 3.8) is 0 Å². The van der Waals surface area contributed by atoms with Gasteiger partial charge in [-0.2, -0.15) is 0 Å². The van der Waals surface area contributed by atoms with Crippen LogP contribution in [0.5, 0.6) is 5.75 Å². The lowest BCUT2D eigenvalue weighted by molar-refractivity contribution is 0.0693. The highest BCUT2D eigenvalue weighted by Gasteiger charge is 2.14. The normalized spacial score (nSPS) is 11.5. The average molecular weight is 410 g/mol. The largest absolute Gasteiger partial charge is 0.507 e. The quantitative estimate of drug-likeness (QED) is 0.533. The van der Waals surface area contributed by atoms with E-state index in [9.17, 15) is 18.3 Å². The van der Waals surface area contributed by atoms with Gasteiger partial charge in [-0.15, -0.1) is 0 Å². The first-order valence-corrected chi connectivity index (χ1v) is 10.0. The summed E-state index contributed by atoms with van der Waals surface area (Å²) < 4.78 is 27.3. The van der Waals surface area contributed by atoms with Gasteiger partial charge in [0.15, 0.2) is 0 Å². The number of carbonyl (C=O) groups is 1. The molecule has 0 spiro atoms. The van der Waals surface area contributed by atoms with Gasteiger partial charge in [0.05, 0.1) is 4.90 Å². The van der Waals surface area contributed by atoms with Crippen LogP contribution >= 0.6 is 0 Å². The van der Waals surface area contributed by atoms with Gasteiger partial charge in [0.25, 0.3) is 10.0 Å². The number of pyridine rings is 1. The number of nitrogens with zero attached hydrogens (tertiary/aromatic N) is 1. The summed E-state index contributed by atoms with van der Waals surface area (Å²) in [6.45, 7) is 1.86. The third-order valence-corrected chi connectivity index (χ3v) is 5.43. The van der Waals surface area contributed by atoms with Crippen molar-refractivity contribution in [2.45, 2.75) is 11.8 Å². The van der Waals surface area contributed by atoms with E-state index in [1.807, 2.05) is 6.92 Å². The van der Waals surface area contributed by atoms with Crippen molar-refractivity contribution in [2.75, 3.05) is 4.72 Å². The predicted octanol–water partition coefficient (Wildman–Crippen LogP) is 3.77. The van der Waals surface area contributed by atoms with E-state index in [0.717, 1.165) is 11.1 Å². The number of phenols is 1. The maximum atomic E-state index is 12.5. The van der Waals surface area contributed by atoms with Crippen LogP contribution in [0.25, 0.3) is 12.2 Å². The number of aryl methyl sites for hydroxylation is 1. The van der Waals surface area contributed by atoms with Crippen molar-refractivity contribution in [2.24, 2.45) is 0 Å². The Morgan fingerprint density at radius 1 is 1.00 bits per heavy atom. The first-order chi connectivity index (χ1) is 13.7. The van der Waals surface area contributed by atoms with E-state index in [2.05, 4.69) is 9.71 Å². The molecule has 0 radical (unpaired) electrons. The number of carboxylic acids is 1. The molecule has 0 amide bonds. The third kappa shape index (κ3) is 4.99. The number of aromatic hydroxyl groups is 1. The van der Waals surface area contributed by atoms with Gasteiger partial charge in [0.2, 0.25) is 0 Å². The topological polar surface area (TPSA) is 117 Å². The SMILES string of the molecule is Cc1ccc(NS(=O)(=O)c2ccc(C=Cc3ccc(O)c(C(=O)O)c3)cc2)nc1. The molecule has 0 fully saturated rings. The molecule has 29 heavy (non-hydrogen) atoms. The van der Waals surface area contributed by atoms with Crippen molar-refractivity contribution in [1.29, 1.82) is 0 Å². The lowest BCUT2D eigenvalue weighted by Crippen LogP contribution is -2.13. The van der Waals surface area contributed by atoms with Gasteiger partial charge in [0, 0.05) is 6.20 Å². The van der Waals surface area contributed by atoms with Crippen LogP contribution in [0.15, 0.2) is 65.7 Å². The Kier molecular flexibility index (Phi) is 5.65. The molecule has 0 saturated heterocycles. The number of aromatic carboxylic acids is 1. The molecule has 0 aliphatic rings. The molecule has 0 aliphatic carbocycles. The van der Waals surface area contributed by atoms with Crippen molar-refractivity contribution >= 4 is 34.0 Å². The number of hydrogen-bond acceptors (Lipinski definition) is 5. The Morgan fingerprint density at radius 2 is 1.66 bits per heavy atom. The smallest absolute Gasteiger partial charge is 0.339 e. The lowest BCUT2D eigenvalue weighted by atomic mass is 10.1. The molecular weight excluding hydrogens is 392 g/mol. The number of hydrogen-bond donors (Lipinski definition) is 3. The van der Waals surface area contributed by atoms with Crippen molar-refractivity contribution in [3.05, 3.63) is 83.0 Å².